The van der Waals surface area contributed by atoms with Crippen molar-refractivity contribution < 1.29 is 0 Å². The molecule has 2 unspecified atom stereocenters. The van der Waals surface area contributed by atoms with Gasteiger partial charge in [-0.3, -0.25) is 9.80 Å². The molecule has 1 fully saturated rings. The first kappa shape index (κ1) is 14.5. The van der Waals surface area contributed by atoms with Gasteiger partial charge in [0.2, 0.25) is 0 Å². The number of piperazine rings is 1. The van der Waals surface area contributed by atoms with Crippen LogP contribution in [0, 0.1) is 0 Å². The number of nitrogens with zero attached hydrogens (tertiary/aromatic N) is 2. The smallest absolute Gasteiger partial charge is 0.0702 e. The van der Waals surface area contributed by atoms with Gasteiger partial charge in [-0.2, -0.15) is 0 Å². The molecule has 0 saturated carbocycles. The molecular weight excluding hydrogens is 310 g/mol. The molecule has 0 bridgehead atoms. The SMILES string of the molecule is CCN1CCN(C(CN)c2ccc(Br)s2)CC1C. The largest absolute Gasteiger partial charge is 0.329 e. The summed E-state index contributed by atoms with van der Waals surface area (Å²) in [4.78, 5) is 6.45. The summed E-state index contributed by atoms with van der Waals surface area (Å²) >= 11 is 5.34. The Labute approximate surface area is 122 Å². The van der Waals surface area contributed by atoms with Crippen molar-refractivity contribution in [3.8, 4) is 0 Å². The Hall–Kier alpha value is 0.0600. The Morgan fingerprint density at radius 2 is 2.28 bits per heavy atom. The highest BCUT2D eigenvalue weighted by Gasteiger charge is 2.28. The average Bonchev–Trinajstić information content (AvgIpc) is 2.77. The molecule has 2 heterocycles. The second kappa shape index (κ2) is 6.48. The summed E-state index contributed by atoms with van der Waals surface area (Å²) in [5, 5.41) is 0. The van der Waals surface area contributed by atoms with Crippen LogP contribution in [0.15, 0.2) is 15.9 Å². The van der Waals surface area contributed by atoms with Crippen LogP contribution in [-0.4, -0.2) is 48.6 Å². The van der Waals surface area contributed by atoms with Gasteiger partial charge in [-0.1, -0.05) is 6.92 Å². The van der Waals surface area contributed by atoms with Crippen LogP contribution in [-0.2, 0) is 0 Å². The minimum atomic E-state index is 0.378. The molecule has 2 atom stereocenters. The van der Waals surface area contributed by atoms with Crippen molar-refractivity contribution >= 4 is 27.3 Å². The maximum absolute atomic E-state index is 5.99. The lowest BCUT2D eigenvalue weighted by atomic mass is 10.1. The Morgan fingerprint density at radius 3 is 2.78 bits per heavy atom. The van der Waals surface area contributed by atoms with E-state index in [2.05, 4.69) is 51.7 Å². The minimum Gasteiger partial charge on any atom is -0.329 e. The molecule has 0 amide bonds. The van der Waals surface area contributed by atoms with Crippen molar-refractivity contribution in [3.05, 3.63) is 20.8 Å². The van der Waals surface area contributed by atoms with E-state index in [1.54, 1.807) is 11.3 Å². The molecule has 0 aromatic carbocycles. The van der Waals surface area contributed by atoms with Crippen molar-refractivity contribution in [2.75, 3.05) is 32.7 Å². The van der Waals surface area contributed by atoms with E-state index in [-0.39, 0.29) is 0 Å². The van der Waals surface area contributed by atoms with Crippen molar-refractivity contribution in [1.82, 2.24) is 9.80 Å². The summed E-state index contributed by atoms with van der Waals surface area (Å²) in [7, 11) is 0. The zero-order valence-electron chi connectivity index (χ0n) is 11.1. The molecule has 0 aliphatic carbocycles. The number of hydrogen-bond donors (Lipinski definition) is 1. The van der Waals surface area contributed by atoms with Gasteiger partial charge in [0, 0.05) is 37.1 Å². The van der Waals surface area contributed by atoms with Gasteiger partial charge in [0.25, 0.3) is 0 Å². The molecule has 1 aliphatic heterocycles. The van der Waals surface area contributed by atoms with E-state index in [9.17, 15) is 0 Å². The van der Waals surface area contributed by atoms with Crippen LogP contribution in [0.4, 0.5) is 0 Å². The van der Waals surface area contributed by atoms with Crippen molar-refractivity contribution in [2.45, 2.75) is 25.9 Å². The van der Waals surface area contributed by atoms with Crippen LogP contribution in [0.5, 0.6) is 0 Å². The number of hydrogen-bond acceptors (Lipinski definition) is 4. The monoisotopic (exact) mass is 331 g/mol. The molecule has 1 saturated heterocycles. The molecule has 1 aromatic rings. The zero-order valence-corrected chi connectivity index (χ0v) is 13.5. The standard InChI is InChI=1S/C13H22BrN3S/c1-3-16-6-7-17(9-10(16)2)11(8-15)12-4-5-13(14)18-12/h4-5,10-11H,3,6-9,15H2,1-2H3. The van der Waals surface area contributed by atoms with Crippen LogP contribution in [0.2, 0.25) is 0 Å². The minimum absolute atomic E-state index is 0.378. The summed E-state index contributed by atoms with van der Waals surface area (Å²) in [6, 6.07) is 5.32. The lowest BCUT2D eigenvalue weighted by Gasteiger charge is -2.42. The third-order valence-corrected chi connectivity index (χ3v) is 5.51. The van der Waals surface area contributed by atoms with Crippen molar-refractivity contribution in [1.29, 1.82) is 0 Å². The predicted octanol–water partition coefficient (Wildman–Crippen LogP) is 2.54. The molecule has 102 valence electrons. The molecule has 18 heavy (non-hydrogen) atoms. The van der Waals surface area contributed by atoms with Gasteiger partial charge in [-0.15, -0.1) is 11.3 Å². The third-order valence-electron chi connectivity index (χ3n) is 3.79. The Kier molecular flexibility index (Phi) is 5.21. The quantitative estimate of drug-likeness (QED) is 0.920. The topological polar surface area (TPSA) is 32.5 Å². The van der Waals surface area contributed by atoms with Gasteiger partial charge in [0.15, 0.2) is 0 Å². The molecule has 0 radical (unpaired) electrons. The summed E-state index contributed by atoms with van der Waals surface area (Å²) < 4.78 is 1.19. The van der Waals surface area contributed by atoms with Crippen LogP contribution in [0.3, 0.4) is 0 Å². The third kappa shape index (κ3) is 3.14. The van der Waals surface area contributed by atoms with Crippen LogP contribution < -0.4 is 5.73 Å². The number of halogens is 1. The maximum atomic E-state index is 5.99. The average molecular weight is 332 g/mol. The van der Waals surface area contributed by atoms with Gasteiger partial charge < -0.3 is 5.73 Å². The van der Waals surface area contributed by atoms with Crippen LogP contribution >= 0.6 is 27.3 Å². The molecular formula is C13H22BrN3S. The second-order valence-corrected chi connectivity index (χ2v) is 7.36. The molecule has 5 heteroatoms. The molecule has 2 N–H and O–H groups in total. The fourth-order valence-corrected chi connectivity index (χ4v) is 4.30. The first-order chi connectivity index (χ1) is 8.65. The number of rotatable bonds is 4. The van der Waals surface area contributed by atoms with E-state index >= 15 is 0 Å². The van der Waals surface area contributed by atoms with E-state index in [0.29, 0.717) is 18.6 Å². The Balaban J connectivity index is 2.06. The van der Waals surface area contributed by atoms with Gasteiger partial charge in [-0.05, 0) is 41.5 Å². The first-order valence-corrected chi connectivity index (χ1v) is 8.20. The van der Waals surface area contributed by atoms with E-state index in [1.165, 1.54) is 8.66 Å². The van der Waals surface area contributed by atoms with Crippen molar-refractivity contribution in [3.63, 3.8) is 0 Å². The highest BCUT2D eigenvalue weighted by molar-refractivity contribution is 9.11. The van der Waals surface area contributed by atoms with Gasteiger partial charge >= 0.3 is 0 Å². The maximum Gasteiger partial charge on any atom is 0.0702 e. The van der Waals surface area contributed by atoms with E-state index in [0.717, 1.165) is 26.2 Å². The Morgan fingerprint density at radius 1 is 1.50 bits per heavy atom. The molecule has 1 aliphatic rings. The van der Waals surface area contributed by atoms with Crippen LogP contribution in [0.25, 0.3) is 0 Å². The summed E-state index contributed by atoms with van der Waals surface area (Å²) in [5.41, 5.74) is 5.99. The summed E-state index contributed by atoms with van der Waals surface area (Å²) in [6.07, 6.45) is 0. The summed E-state index contributed by atoms with van der Waals surface area (Å²) in [5.74, 6) is 0. The molecule has 1 aromatic heterocycles. The molecule has 2 rings (SSSR count). The lowest BCUT2D eigenvalue weighted by Crippen LogP contribution is -2.53. The molecule has 3 nitrogen and oxygen atoms in total. The lowest BCUT2D eigenvalue weighted by molar-refractivity contribution is 0.0616. The van der Waals surface area contributed by atoms with Gasteiger partial charge in [0.1, 0.15) is 0 Å². The Bertz CT molecular complexity index is 382. The predicted molar refractivity (Wildman–Crippen MR) is 82.1 cm³/mol. The number of likely N-dealkylation sites (N-methyl/N-ethyl adjacent to an activating group) is 1. The fourth-order valence-electron chi connectivity index (χ4n) is 2.73. The van der Waals surface area contributed by atoms with Gasteiger partial charge in [-0.25, -0.2) is 0 Å². The number of thiophene rings is 1. The highest BCUT2D eigenvalue weighted by atomic mass is 79.9. The van der Waals surface area contributed by atoms with Crippen molar-refractivity contribution in [2.24, 2.45) is 5.73 Å². The number of nitrogens with two attached hydrogens (primary N) is 1. The van der Waals surface area contributed by atoms with E-state index in [1.807, 2.05) is 0 Å². The zero-order chi connectivity index (χ0) is 13.1. The highest BCUT2D eigenvalue weighted by Crippen LogP contribution is 2.31. The van der Waals surface area contributed by atoms with E-state index in [4.69, 9.17) is 5.73 Å². The summed E-state index contributed by atoms with van der Waals surface area (Å²) in [6.45, 7) is 9.79. The normalized spacial score (nSPS) is 24.3. The fraction of sp³-hybridized carbons (Fsp3) is 0.692. The van der Waals surface area contributed by atoms with Crippen LogP contribution in [0.1, 0.15) is 24.8 Å². The first-order valence-electron chi connectivity index (χ1n) is 6.59. The second-order valence-electron chi connectivity index (χ2n) is 4.87. The molecule has 0 spiro atoms. The van der Waals surface area contributed by atoms with Gasteiger partial charge in [0.05, 0.1) is 9.83 Å². The van der Waals surface area contributed by atoms with E-state index < -0.39 is 0 Å².